The predicted molar refractivity (Wildman–Crippen MR) is 105 cm³/mol. The van der Waals surface area contributed by atoms with Gasteiger partial charge in [-0.25, -0.2) is 0 Å². The monoisotopic (exact) mass is 333 g/mol. The molecule has 0 heterocycles. The molecule has 0 fully saturated rings. The van der Waals surface area contributed by atoms with E-state index < -0.39 is 0 Å². The molecule has 0 aromatic heterocycles. The molecule has 0 spiro atoms. The number of fused-ring (bicyclic) bond motifs is 1. The van der Waals surface area contributed by atoms with E-state index in [2.05, 4.69) is 43.4 Å². The molecule has 0 amide bonds. The maximum atomic E-state index is 10.2. The first-order valence-electron chi connectivity index (χ1n) is 8.69. The fourth-order valence-electron chi connectivity index (χ4n) is 3.04. The first-order chi connectivity index (χ1) is 12.1. The van der Waals surface area contributed by atoms with Gasteiger partial charge in [0.2, 0.25) is 0 Å². The average Bonchev–Trinajstić information content (AvgIpc) is 2.63. The summed E-state index contributed by atoms with van der Waals surface area (Å²) < 4.78 is 0. The van der Waals surface area contributed by atoms with E-state index in [9.17, 15) is 5.11 Å². The first-order valence-corrected chi connectivity index (χ1v) is 8.69. The molecule has 0 aliphatic rings. The lowest BCUT2D eigenvalue weighted by Crippen LogP contribution is -3.11. The summed E-state index contributed by atoms with van der Waals surface area (Å²) in [6.07, 6.45) is 2.81. The number of hydrogen-bond acceptors (Lipinski definition) is 2. The van der Waals surface area contributed by atoms with Crippen LogP contribution in [-0.2, 0) is 6.42 Å². The third-order valence-corrected chi connectivity index (χ3v) is 4.64. The summed E-state index contributed by atoms with van der Waals surface area (Å²) in [5, 5.41) is 12.4. The number of rotatable bonds is 6. The smallest absolute Gasteiger partial charge is 0.124 e. The summed E-state index contributed by atoms with van der Waals surface area (Å²) in [5.41, 5.74) is 2.13. The van der Waals surface area contributed by atoms with Crippen LogP contribution in [0.3, 0.4) is 0 Å². The summed E-state index contributed by atoms with van der Waals surface area (Å²) in [6.45, 7) is 0.722. The highest BCUT2D eigenvalue weighted by Gasteiger charge is 2.15. The maximum absolute atomic E-state index is 10.2. The average molecular weight is 333 g/mol. The summed E-state index contributed by atoms with van der Waals surface area (Å²) in [6, 6.07) is 22.7. The molecule has 0 saturated heterocycles. The Morgan fingerprint density at radius 2 is 1.68 bits per heavy atom. The van der Waals surface area contributed by atoms with Crippen LogP contribution < -0.4 is 4.90 Å². The normalized spacial score (nSPS) is 12.9. The van der Waals surface area contributed by atoms with Crippen LogP contribution in [0.25, 0.3) is 10.8 Å². The van der Waals surface area contributed by atoms with Gasteiger partial charge in [-0.15, -0.1) is 0 Å². The third-order valence-electron chi connectivity index (χ3n) is 4.64. The Hall–Kier alpha value is -2.65. The van der Waals surface area contributed by atoms with E-state index in [1.54, 1.807) is 6.07 Å². The van der Waals surface area contributed by atoms with Crippen molar-refractivity contribution in [3.8, 4) is 5.75 Å². The van der Waals surface area contributed by atoms with Crippen molar-refractivity contribution in [2.24, 2.45) is 4.99 Å². The second-order valence-electron chi connectivity index (χ2n) is 6.68. The minimum Gasteiger partial charge on any atom is -0.507 e. The van der Waals surface area contributed by atoms with Crippen molar-refractivity contribution in [1.82, 2.24) is 0 Å². The minimum atomic E-state index is 0.277. The van der Waals surface area contributed by atoms with Gasteiger partial charge in [-0.3, -0.25) is 4.99 Å². The number of benzene rings is 3. The zero-order chi connectivity index (χ0) is 17.6. The van der Waals surface area contributed by atoms with Gasteiger partial charge in [-0.05, 0) is 22.4 Å². The lowest BCUT2D eigenvalue weighted by Gasteiger charge is -2.19. The Kier molecular flexibility index (Phi) is 5.46. The van der Waals surface area contributed by atoms with E-state index in [-0.39, 0.29) is 5.75 Å². The van der Waals surface area contributed by atoms with Gasteiger partial charge in [-0.2, -0.15) is 0 Å². The third kappa shape index (κ3) is 4.25. The topological polar surface area (TPSA) is 37.0 Å². The second kappa shape index (κ2) is 7.95. The van der Waals surface area contributed by atoms with E-state index >= 15 is 0 Å². The number of phenolic OH excluding ortho intramolecular Hbond substituents is 1. The molecule has 128 valence electrons. The molecule has 3 aromatic carbocycles. The summed E-state index contributed by atoms with van der Waals surface area (Å²) in [4.78, 5) is 6.04. The van der Waals surface area contributed by atoms with Crippen LogP contribution in [0, 0.1) is 0 Å². The van der Waals surface area contributed by atoms with Crippen molar-refractivity contribution in [2.45, 2.75) is 12.5 Å². The van der Waals surface area contributed by atoms with Crippen molar-refractivity contribution < 1.29 is 10.0 Å². The summed E-state index contributed by atoms with van der Waals surface area (Å²) >= 11 is 0. The Bertz CT molecular complexity index is 856. The van der Waals surface area contributed by atoms with E-state index in [1.165, 1.54) is 10.5 Å². The largest absolute Gasteiger partial charge is 0.507 e. The fourth-order valence-corrected chi connectivity index (χ4v) is 3.04. The highest BCUT2D eigenvalue weighted by molar-refractivity contribution is 6.02. The molecular weight excluding hydrogens is 308 g/mol. The van der Waals surface area contributed by atoms with Gasteiger partial charge in [0.05, 0.1) is 20.6 Å². The summed E-state index contributed by atoms with van der Waals surface area (Å²) in [7, 11) is 4.33. The van der Waals surface area contributed by atoms with E-state index in [4.69, 9.17) is 0 Å². The van der Waals surface area contributed by atoms with Crippen molar-refractivity contribution in [3.05, 3.63) is 77.9 Å². The predicted octanol–water partition coefficient (Wildman–Crippen LogP) is 2.72. The van der Waals surface area contributed by atoms with Crippen LogP contribution in [-0.4, -0.2) is 38.0 Å². The molecular formula is C22H25N2O+. The highest BCUT2D eigenvalue weighted by atomic mass is 16.3. The molecule has 3 aromatic rings. The van der Waals surface area contributed by atoms with Crippen LogP contribution in [0.4, 0.5) is 0 Å². The van der Waals surface area contributed by atoms with Gasteiger partial charge in [0.15, 0.2) is 0 Å². The first kappa shape index (κ1) is 17.2. The molecule has 0 saturated carbocycles. The number of aromatic hydroxyl groups is 1. The fraction of sp³-hybridized carbons (Fsp3) is 0.227. The number of nitrogens with zero attached hydrogens (tertiary/aromatic N) is 1. The Labute approximate surface area is 149 Å². The number of aliphatic imine (C=N–C) groups is 1. The van der Waals surface area contributed by atoms with Gasteiger partial charge in [-0.1, -0.05) is 60.7 Å². The molecule has 0 aliphatic carbocycles. The van der Waals surface area contributed by atoms with Crippen LogP contribution >= 0.6 is 0 Å². The quantitative estimate of drug-likeness (QED) is 0.669. The molecule has 3 heteroatoms. The Morgan fingerprint density at radius 3 is 2.44 bits per heavy atom. The van der Waals surface area contributed by atoms with Gasteiger partial charge < -0.3 is 10.0 Å². The van der Waals surface area contributed by atoms with E-state index in [1.807, 2.05) is 42.6 Å². The number of phenols is 1. The molecule has 0 radical (unpaired) electrons. The number of hydrogen-bond donors (Lipinski definition) is 2. The Morgan fingerprint density at radius 1 is 0.960 bits per heavy atom. The van der Waals surface area contributed by atoms with Gasteiger partial charge in [0.1, 0.15) is 11.8 Å². The molecule has 1 atom stereocenters. The Balaban J connectivity index is 1.78. The van der Waals surface area contributed by atoms with Crippen molar-refractivity contribution in [2.75, 3.05) is 20.6 Å². The molecule has 0 aliphatic heterocycles. The van der Waals surface area contributed by atoms with Crippen molar-refractivity contribution >= 4 is 17.0 Å². The van der Waals surface area contributed by atoms with Crippen molar-refractivity contribution in [1.29, 1.82) is 0 Å². The number of likely N-dealkylation sites (N-methyl/N-ethyl adjacent to an activating group) is 1. The van der Waals surface area contributed by atoms with Crippen LogP contribution in [0.15, 0.2) is 71.7 Å². The summed E-state index contributed by atoms with van der Waals surface area (Å²) in [5.74, 6) is 0.277. The lowest BCUT2D eigenvalue weighted by molar-refractivity contribution is -0.883. The molecule has 25 heavy (non-hydrogen) atoms. The van der Waals surface area contributed by atoms with Crippen LogP contribution in [0.2, 0.25) is 0 Å². The molecule has 0 bridgehead atoms. The zero-order valence-electron chi connectivity index (χ0n) is 14.8. The van der Waals surface area contributed by atoms with E-state index in [0.29, 0.717) is 6.04 Å². The van der Waals surface area contributed by atoms with Crippen molar-refractivity contribution in [3.63, 3.8) is 0 Å². The van der Waals surface area contributed by atoms with Gasteiger partial charge in [0.25, 0.3) is 0 Å². The lowest BCUT2D eigenvalue weighted by atomic mass is 10.0. The zero-order valence-corrected chi connectivity index (χ0v) is 14.8. The standard InChI is InChI=1S/C22H24N2O/c1-24(2)19(14-17-8-4-3-5-9-17)15-23-16-21-20-11-7-6-10-18(20)12-13-22(21)25/h3-13,16,19,25H,14-15H2,1-2H3/p+1/t19-/m1/s1. The number of quaternary nitrogens is 1. The molecule has 2 N–H and O–H groups in total. The SMILES string of the molecule is C[NH+](C)[C@@H](CN=Cc1c(O)ccc2ccccc12)Cc1ccccc1. The molecule has 0 unspecified atom stereocenters. The van der Waals surface area contributed by atoms with Gasteiger partial charge in [0, 0.05) is 18.2 Å². The maximum Gasteiger partial charge on any atom is 0.124 e. The van der Waals surface area contributed by atoms with Gasteiger partial charge >= 0.3 is 0 Å². The number of nitrogens with one attached hydrogen (secondary N) is 1. The van der Waals surface area contributed by atoms with Crippen LogP contribution in [0.1, 0.15) is 11.1 Å². The highest BCUT2D eigenvalue weighted by Crippen LogP contribution is 2.25. The minimum absolute atomic E-state index is 0.277. The molecule has 3 nitrogen and oxygen atoms in total. The van der Waals surface area contributed by atoms with Crippen LogP contribution in [0.5, 0.6) is 5.75 Å². The van der Waals surface area contributed by atoms with E-state index in [0.717, 1.165) is 29.3 Å². The second-order valence-corrected chi connectivity index (χ2v) is 6.68. The molecule has 3 rings (SSSR count).